The second-order valence-electron chi connectivity index (χ2n) is 7.80. The largest absolute Gasteiger partial charge is 0.495 e. The Morgan fingerprint density at radius 1 is 1.19 bits per heavy atom. The maximum absolute atomic E-state index is 12.4. The van der Waals surface area contributed by atoms with E-state index >= 15 is 0 Å². The molecule has 0 saturated heterocycles. The predicted molar refractivity (Wildman–Crippen MR) is 118 cm³/mol. The van der Waals surface area contributed by atoms with Gasteiger partial charge in [-0.1, -0.05) is 6.07 Å². The van der Waals surface area contributed by atoms with Gasteiger partial charge in [0.2, 0.25) is 0 Å². The van der Waals surface area contributed by atoms with Crippen molar-refractivity contribution in [1.82, 2.24) is 24.5 Å². The molecule has 1 N–H and O–H groups in total. The molecule has 0 spiro atoms. The van der Waals surface area contributed by atoms with E-state index in [4.69, 9.17) is 4.74 Å². The van der Waals surface area contributed by atoms with Crippen molar-refractivity contribution in [2.75, 3.05) is 7.11 Å². The zero-order chi connectivity index (χ0) is 22.4. The minimum Gasteiger partial charge on any atom is -0.495 e. The van der Waals surface area contributed by atoms with Crippen molar-refractivity contribution in [1.29, 1.82) is 0 Å². The summed E-state index contributed by atoms with van der Waals surface area (Å²) in [6, 6.07) is 7.50. The van der Waals surface area contributed by atoms with E-state index in [0.29, 0.717) is 23.1 Å². The Morgan fingerprint density at radius 3 is 2.72 bits per heavy atom. The van der Waals surface area contributed by atoms with Gasteiger partial charge in [0.05, 0.1) is 19.5 Å². The summed E-state index contributed by atoms with van der Waals surface area (Å²) in [5, 5.41) is 7.43. The molecule has 5 rings (SSSR count). The molecule has 0 atom stereocenters. The molecule has 1 amide bonds. The average molecular weight is 452 g/mol. The van der Waals surface area contributed by atoms with Gasteiger partial charge in [-0.05, 0) is 43.0 Å². The van der Waals surface area contributed by atoms with Crippen LogP contribution in [-0.2, 0) is 10.7 Å². The van der Waals surface area contributed by atoms with Gasteiger partial charge in [-0.2, -0.15) is 5.10 Å². The first-order chi connectivity index (χ1) is 15.4. The van der Waals surface area contributed by atoms with E-state index in [9.17, 15) is 13.2 Å². The summed E-state index contributed by atoms with van der Waals surface area (Å²) in [4.78, 5) is 17.1. The molecule has 3 aromatic heterocycles. The molecule has 0 bridgehead atoms. The molecule has 1 saturated carbocycles. The maximum atomic E-state index is 12.4. The van der Waals surface area contributed by atoms with E-state index in [1.54, 1.807) is 27.5 Å². The zero-order valence-electron chi connectivity index (χ0n) is 17.5. The van der Waals surface area contributed by atoms with Crippen molar-refractivity contribution >= 4 is 22.3 Å². The number of carbonyl (C=O) groups is 1. The van der Waals surface area contributed by atoms with Crippen LogP contribution in [0.15, 0.2) is 53.9 Å². The Balaban J connectivity index is 1.49. The first-order valence-electron chi connectivity index (χ1n) is 10.1. The molecule has 164 valence electrons. The van der Waals surface area contributed by atoms with Crippen LogP contribution in [0.2, 0.25) is 0 Å². The second kappa shape index (κ2) is 7.79. The Hall–Kier alpha value is -3.66. The van der Waals surface area contributed by atoms with Crippen LogP contribution in [0.5, 0.6) is 5.75 Å². The van der Waals surface area contributed by atoms with Crippen LogP contribution < -0.4 is 10.1 Å². The smallest absolute Gasteiger partial charge is 0.251 e. The number of hydrogen-bond acceptors (Lipinski definition) is 6. The summed E-state index contributed by atoms with van der Waals surface area (Å²) in [5.41, 5.74) is 3.93. The molecule has 0 aliphatic heterocycles. The maximum Gasteiger partial charge on any atom is 0.251 e. The predicted octanol–water partition coefficient (Wildman–Crippen LogP) is 2.37. The molecule has 1 aromatic carbocycles. The number of carbonyl (C=O) groups excluding carboxylic acids is 1. The zero-order valence-corrected chi connectivity index (χ0v) is 18.4. The van der Waals surface area contributed by atoms with E-state index in [2.05, 4.69) is 15.4 Å². The quantitative estimate of drug-likeness (QED) is 0.436. The highest BCUT2D eigenvalue weighted by Gasteiger charge is 2.24. The first-order valence-corrected chi connectivity index (χ1v) is 11.3. The van der Waals surface area contributed by atoms with Gasteiger partial charge in [0.25, 0.3) is 5.91 Å². The Labute approximate surface area is 185 Å². The molecule has 4 aromatic rings. The number of pyridine rings is 1. The number of methoxy groups -OCH3 is 1. The highest BCUT2D eigenvalue weighted by molar-refractivity contribution is 7.72. The van der Waals surface area contributed by atoms with Crippen LogP contribution in [-0.4, -0.2) is 46.6 Å². The van der Waals surface area contributed by atoms with Crippen LogP contribution in [0.3, 0.4) is 0 Å². The van der Waals surface area contributed by atoms with E-state index in [1.807, 2.05) is 31.3 Å². The third kappa shape index (κ3) is 3.73. The number of nitrogens with one attached hydrogen (secondary N) is 1. The van der Waals surface area contributed by atoms with Crippen LogP contribution in [0.1, 0.15) is 28.8 Å². The second-order valence-corrected chi connectivity index (χ2v) is 8.80. The molecule has 0 unspecified atom stereocenters. The summed E-state index contributed by atoms with van der Waals surface area (Å²) in [7, 11) is -1.39. The molecule has 1 aliphatic carbocycles. The summed E-state index contributed by atoms with van der Waals surface area (Å²) in [6.45, 7) is 1.98. The number of aromatic nitrogens is 4. The number of benzene rings is 1. The van der Waals surface area contributed by atoms with Crippen molar-refractivity contribution in [3.63, 3.8) is 0 Å². The number of ether oxygens (including phenoxy) is 1. The van der Waals surface area contributed by atoms with E-state index < -0.39 is 10.7 Å². The standard InChI is InChI=1S/C22H21N5O4S/c1-13-3-4-14(22(28)24-16-5-6-16)7-17(13)15-9-23-27(10-15)21-12-26-11-19(32(29)30)18(31-2)8-20(26)25-21/h3-4,7-12,16,32H,5-6H2,1-2H3,(H,24,28). The number of rotatable bonds is 6. The first kappa shape index (κ1) is 20.3. The molecule has 10 heteroatoms. The number of fused-ring (bicyclic) bond motifs is 1. The fourth-order valence-corrected chi connectivity index (χ4v) is 4.11. The summed E-state index contributed by atoms with van der Waals surface area (Å²) < 4.78 is 31.4. The minimum absolute atomic E-state index is 0.0667. The molecule has 32 heavy (non-hydrogen) atoms. The number of imidazole rings is 1. The van der Waals surface area contributed by atoms with Crippen molar-refractivity contribution < 1.29 is 17.9 Å². The Kier molecular flexibility index (Phi) is 4.93. The van der Waals surface area contributed by atoms with Crippen LogP contribution >= 0.6 is 0 Å². The molecular formula is C22H21N5O4S. The van der Waals surface area contributed by atoms with Gasteiger partial charge in [0.15, 0.2) is 16.5 Å². The fourth-order valence-electron chi connectivity index (χ4n) is 3.56. The van der Waals surface area contributed by atoms with E-state index in [-0.39, 0.29) is 16.6 Å². The van der Waals surface area contributed by atoms with Crippen molar-refractivity contribution in [3.8, 4) is 22.7 Å². The van der Waals surface area contributed by atoms with Gasteiger partial charge in [-0.3, -0.25) is 4.79 Å². The van der Waals surface area contributed by atoms with Crippen molar-refractivity contribution in [3.05, 3.63) is 60.2 Å². The van der Waals surface area contributed by atoms with Gasteiger partial charge < -0.3 is 14.5 Å². The van der Waals surface area contributed by atoms with Gasteiger partial charge in [-0.15, -0.1) is 0 Å². The highest BCUT2D eigenvalue weighted by atomic mass is 32.2. The van der Waals surface area contributed by atoms with E-state index in [0.717, 1.165) is 29.5 Å². The molecule has 9 nitrogen and oxygen atoms in total. The lowest BCUT2D eigenvalue weighted by molar-refractivity contribution is 0.0951. The van der Waals surface area contributed by atoms with Gasteiger partial charge in [0, 0.05) is 35.6 Å². The molecule has 0 radical (unpaired) electrons. The summed E-state index contributed by atoms with van der Waals surface area (Å²) >= 11 is 0. The molecule has 3 heterocycles. The SMILES string of the molecule is COc1cc2nc(-n3cc(-c4cc(C(=O)NC5CC5)ccc4C)cn3)cn2cc1[SH](=O)=O. The third-order valence-electron chi connectivity index (χ3n) is 5.48. The van der Waals surface area contributed by atoms with Crippen LogP contribution in [0, 0.1) is 6.92 Å². The normalized spacial score (nSPS) is 13.6. The molecule has 1 fully saturated rings. The van der Waals surface area contributed by atoms with E-state index in [1.165, 1.54) is 13.3 Å². The highest BCUT2D eigenvalue weighted by Crippen LogP contribution is 2.27. The minimum atomic E-state index is -2.81. The molecular weight excluding hydrogens is 430 g/mol. The Morgan fingerprint density at radius 2 is 2.00 bits per heavy atom. The van der Waals surface area contributed by atoms with Crippen molar-refractivity contribution in [2.24, 2.45) is 0 Å². The summed E-state index contributed by atoms with van der Waals surface area (Å²) in [5.74, 6) is 0.698. The molecule has 1 aliphatic rings. The van der Waals surface area contributed by atoms with Gasteiger partial charge >= 0.3 is 0 Å². The number of hydrogen-bond donors (Lipinski definition) is 2. The summed E-state index contributed by atoms with van der Waals surface area (Å²) in [6.07, 6.45) is 8.78. The van der Waals surface area contributed by atoms with Gasteiger partial charge in [0.1, 0.15) is 16.3 Å². The Bertz CT molecular complexity index is 1420. The lowest BCUT2D eigenvalue weighted by Crippen LogP contribution is -2.25. The van der Waals surface area contributed by atoms with Crippen LogP contribution in [0.25, 0.3) is 22.6 Å². The fraction of sp³-hybridized carbons (Fsp3) is 0.227. The van der Waals surface area contributed by atoms with Crippen LogP contribution in [0.4, 0.5) is 0 Å². The number of aryl methyl sites for hydroxylation is 1. The number of amides is 1. The topological polar surface area (TPSA) is 108 Å². The van der Waals surface area contributed by atoms with Crippen molar-refractivity contribution in [2.45, 2.75) is 30.7 Å². The van der Waals surface area contributed by atoms with Gasteiger partial charge in [-0.25, -0.2) is 18.1 Å². The number of thiol groups is 1. The number of nitrogens with zero attached hydrogens (tertiary/aromatic N) is 4. The lowest BCUT2D eigenvalue weighted by Gasteiger charge is -2.08. The monoisotopic (exact) mass is 451 g/mol. The lowest BCUT2D eigenvalue weighted by atomic mass is 10.0. The average Bonchev–Trinajstić information content (AvgIpc) is 3.29. The third-order valence-corrected chi connectivity index (χ3v) is 6.21.